The van der Waals surface area contributed by atoms with Crippen LogP contribution in [0, 0.1) is 22.7 Å². The van der Waals surface area contributed by atoms with Gasteiger partial charge in [0.05, 0.1) is 12.7 Å². The lowest BCUT2D eigenvalue weighted by Crippen LogP contribution is -2.48. The maximum absolute atomic E-state index is 11.8. The summed E-state index contributed by atoms with van der Waals surface area (Å²) in [6.45, 7) is 4.58. The van der Waals surface area contributed by atoms with Crippen molar-refractivity contribution in [2.75, 3.05) is 13.2 Å². The minimum atomic E-state index is -0.830. The molecule has 0 atom stereocenters. The molecule has 0 radical (unpaired) electrons. The number of rotatable bonds is 6. The van der Waals surface area contributed by atoms with Gasteiger partial charge in [-0.05, 0) is 32.1 Å². The molecule has 1 saturated carbocycles. The van der Waals surface area contributed by atoms with E-state index >= 15 is 0 Å². The van der Waals surface area contributed by atoms with Gasteiger partial charge in [-0.3, -0.25) is 9.59 Å². The Morgan fingerprint density at radius 1 is 1.50 bits per heavy atom. The zero-order valence-electron chi connectivity index (χ0n) is 11.0. The maximum Gasteiger partial charge on any atom is 0.305 e. The topological polar surface area (TPSA) is 79.2 Å². The molecule has 0 spiro atoms. The Labute approximate surface area is 107 Å². The molecule has 0 aliphatic heterocycles. The highest BCUT2D eigenvalue weighted by atomic mass is 16.5. The fourth-order valence-electron chi connectivity index (χ4n) is 2.29. The predicted octanol–water partition coefficient (Wildman–Crippen LogP) is 1.39. The summed E-state index contributed by atoms with van der Waals surface area (Å²) in [5.41, 5.74) is -0.830. The number of nitrogens with zero attached hydrogens (tertiary/aromatic N) is 1. The number of nitriles is 1. The average Bonchev–Trinajstić information content (AvgIpc) is 2.30. The smallest absolute Gasteiger partial charge is 0.305 e. The first kappa shape index (κ1) is 14.5. The Bertz CT molecular complexity index is 354. The number of carbonyl (C=O) groups is 2. The first-order valence-electron chi connectivity index (χ1n) is 6.39. The molecule has 0 aromatic carbocycles. The number of carbonyl (C=O) groups excluding carboxylic acids is 2. The van der Waals surface area contributed by atoms with Crippen LogP contribution in [0.25, 0.3) is 0 Å². The van der Waals surface area contributed by atoms with E-state index in [-0.39, 0.29) is 11.9 Å². The highest BCUT2D eigenvalue weighted by molar-refractivity contribution is 5.86. The van der Waals surface area contributed by atoms with E-state index in [2.05, 4.69) is 11.4 Å². The quantitative estimate of drug-likeness (QED) is 0.572. The molecular formula is C13H20N2O3. The van der Waals surface area contributed by atoms with Gasteiger partial charge in [0.1, 0.15) is 5.41 Å². The van der Waals surface area contributed by atoms with Crippen molar-refractivity contribution in [2.45, 2.75) is 39.5 Å². The van der Waals surface area contributed by atoms with Crippen LogP contribution in [0.15, 0.2) is 0 Å². The molecule has 1 aliphatic rings. The van der Waals surface area contributed by atoms with Crippen LogP contribution in [0.2, 0.25) is 0 Å². The van der Waals surface area contributed by atoms with Gasteiger partial charge in [-0.2, -0.15) is 5.26 Å². The van der Waals surface area contributed by atoms with Crippen LogP contribution in [-0.2, 0) is 14.3 Å². The van der Waals surface area contributed by atoms with E-state index < -0.39 is 5.41 Å². The lowest BCUT2D eigenvalue weighted by atomic mass is 9.63. The molecule has 100 valence electrons. The van der Waals surface area contributed by atoms with Crippen molar-refractivity contribution in [2.24, 2.45) is 11.3 Å². The second kappa shape index (κ2) is 6.39. The van der Waals surface area contributed by atoms with Crippen molar-refractivity contribution in [1.82, 2.24) is 5.32 Å². The van der Waals surface area contributed by atoms with Crippen molar-refractivity contribution in [3.63, 3.8) is 0 Å². The summed E-state index contributed by atoms with van der Waals surface area (Å²) >= 11 is 0. The number of hydrogen-bond donors (Lipinski definition) is 1. The highest BCUT2D eigenvalue weighted by Crippen LogP contribution is 2.44. The molecule has 0 aromatic rings. The van der Waals surface area contributed by atoms with Crippen molar-refractivity contribution < 1.29 is 14.3 Å². The fourth-order valence-corrected chi connectivity index (χ4v) is 2.29. The highest BCUT2D eigenvalue weighted by Gasteiger charge is 2.48. The van der Waals surface area contributed by atoms with Gasteiger partial charge < -0.3 is 10.1 Å². The number of nitrogens with one attached hydrogen (secondary N) is 1. The van der Waals surface area contributed by atoms with E-state index in [1.54, 1.807) is 6.92 Å². The van der Waals surface area contributed by atoms with Gasteiger partial charge >= 0.3 is 5.97 Å². The van der Waals surface area contributed by atoms with Gasteiger partial charge in [0.25, 0.3) is 0 Å². The second-order valence-corrected chi connectivity index (χ2v) is 4.87. The summed E-state index contributed by atoms with van der Waals surface area (Å²) in [6, 6.07) is 2.11. The molecule has 0 unspecified atom stereocenters. The Morgan fingerprint density at radius 3 is 2.67 bits per heavy atom. The molecule has 0 bridgehead atoms. The summed E-state index contributed by atoms with van der Waals surface area (Å²) in [5, 5.41) is 11.8. The SMILES string of the molecule is CCOC(=O)CCCNC(=O)C1(C#N)CC(C)C1. The van der Waals surface area contributed by atoms with Gasteiger partial charge in [0, 0.05) is 13.0 Å². The standard InChI is InChI=1S/C13H20N2O3/c1-3-18-11(16)5-4-6-15-12(17)13(9-14)7-10(2)8-13/h10H,3-8H2,1-2H3,(H,15,17). The van der Waals surface area contributed by atoms with Crippen molar-refractivity contribution in [3.8, 4) is 6.07 Å². The minimum absolute atomic E-state index is 0.202. The lowest BCUT2D eigenvalue weighted by Gasteiger charge is -2.39. The van der Waals surface area contributed by atoms with Gasteiger partial charge in [-0.15, -0.1) is 0 Å². The number of esters is 1. The summed E-state index contributed by atoms with van der Waals surface area (Å²) in [5.74, 6) is -0.0131. The Kier molecular flexibility index (Phi) is 5.14. The van der Waals surface area contributed by atoms with E-state index in [9.17, 15) is 9.59 Å². The molecule has 0 saturated heterocycles. The summed E-state index contributed by atoms with van der Waals surface area (Å²) in [6.07, 6.45) is 2.10. The monoisotopic (exact) mass is 252 g/mol. The van der Waals surface area contributed by atoms with E-state index in [0.29, 0.717) is 44.8 Å². The van der Waals surface area contributed by atoms with Crippen molar-refractivity contribution in [3.05, 3.63) is 0 Å². The van der Waals surface area contributed by atoms with Gasteiger partial charge in [-0.25, -0.2) is 0 Å². The molecule has 1 rings (SSSR count). The zero-order chi connectivity index (χ0) is 13.6. The molecule has 5 nitrogen and oxygen atoms in total. The molecular weight excluding hydrogens is 232 g/mol. The van der Waals surface area contributed by atoms with Crippen LogP contribution >= 0.6 is 0 Å². The van der Waals surface area contributed by atoms with Crippen molar-refractivity contribution in [1.29, 1.82) is 5.26 Å². The van der Waals surface area contributed by atoms with E-state index in [4.69, 9.17) is 10.00 Å². The van der Waals surface area contributed by atoms with Crippen LogP contribution in [0.3, 0.4) is 0 Å². The second-order valence-electron chi connectivity index (χ2n) is 4.87. The Balaban J connectivity index is 2.22. The largest absolute Gasteiger partial charge is 0.466 e. The molecule has 0 heterocycles. The summed E-state index contributed by atoms with van der Waals surface area (Å²) in [7, 11) is 0. The molecule has 1 amide bonds. The molecule has 1 fully saturated rings. The molecule has 5 heteroatoms. The van der Waals surface area contributed by atoms with E-state index in [0.717, 1.165) is 0 Å². The molecule has 1 N–H and O–H groups in total. The number of hydrogen-bond acceptors (Lipinski definition) is 4. The normalized spacial score (nSPS) is 25.7. The number of ether oxygens (including phenoxy) is 1. The van der Waals surface area contributed by atoms with E-state index in [1.165, 1.54) is 0 Å². The van der Waals surface area contributed by atoms with Crippen LogP contribution in [0.1, 0.15) is 39.5 Å². The first-order chi connectivity index (χ1) is 8.54. The number of amides is 1. The first-order valence-corrected chi connectivity index (χ1v) is 6.39. The summed E-state index contributed by atoms with van der Waals surface area (Å²) in [4.78, 5) is 22.9. The molecule has 0 aromatic heterocycles. The Hall–Kier alpha value is -1.57. The fraction of sp³-hybridized carbons (Fsp3) is 0.769. The van der Waals surface area contributed by atoms with Crippen LogP contribution in [0.5, 0.6) is 0 Å². The third kappa shape index (κ3) is 3.46. The van der Waals surface area contributed by atoms with Crippen molar-refractivity contribution >= 4 is 11.9 Å². The average molecular weight is 252 g/mol. The third-order valence-corrected chi connectivity index (χ3v) is 3.19. The zero-order valence-corrected chi connectivity index (χ0v) is 11.0. The van der Waals surface area contributed by atoms with Crippen LogP contribution in [-0.4, -0.2) is 25.0 Å². The molecule has 18 heavy (non-hydrogen) atoms. The summed E-state index contributed by atoms with van der Waals surface area (Å²) < 4.78 is 4.78. The van der Waals surface area contributed by atoms with Gasteiger partial charge in [0.2, 0.25) is 5.91 Å². The molecule has 1 aliphatic carbocycles. The van der Waals surface area contributed by atoms with Crippen LogP contribution < -0.4 is 5.32 Å². The third-order valence-electron chi connectivity index (χ3n) is 3.19. The minimum Gasteiger partial charge on any atom is -0.466 e. The van der Waals surface area contributed by atoms with E-state index in [1.807, 2.05) is 6.92 Å². The van der Waals surface area contributed by atoms with Gasteiger partial charge in [0.15, 0.2) is 0 Å². The lowest BCUT2D eigenvalue weighted by molar-refractivity contribution is -0.143. The van der Waals surface area contributed by atoms with Gasteiger partial charge in [-0.1, -0.05) is 6.92 Å². The van der Waals surface area contributed by atoms with Crippen LogP contribution in [0.4, 0.5) is 0 Å². The maximum atomic E-state index is 11.8. The Morgan fingerprint density at radius 2 is 2.17 bits per heavy atom. The predicted molar refractivity (Wildman–Crippen MR) is 65.3 cm³/mol.